The maximum absolute atomic E-state index is 13.3. The van der Waals surface area contributed by atoms with E-state index in [1.54, 1.807) is 12.3 Å². The lowest BCUT2D eigenvalue weighted by molar-refractivity contribution is 0.174. The number of nitrogens with zero attached hydrogens (tertiary/aromatic N) is 1. The Balaban J connectivity index is 1.38. The van der Waals surface area contributed by atoms with E-state index in [1.807, 2.05) is 24.3 Å². The first-order valence-corrected chi connectivity index (χ1v) is 7.60. The third-order valence-electron chi connectivity index (χ3n) is 3.74. The molecule has 0 saturated heterocycles. The zero-order chi connectivity index (χ0) is 16.4. The molecule has 0 amide bonds. The molecule has 5 nitrogen and oxygen atoms in total. The van der Waals surface area contributed by atoms with Crippen LogP contribution in [-0.2, 0) is 0 Å². The van der Waals surface area contributed by atoms with E-state index in [4.69, 9.17) is 14.2 Å². The number of fused-ring (bicyclic) bond motifs is 2. The van der Waals surface area contributed by atoms with Gasteiger partial charge in [0.2, 0.25) is 6.79 Å². The summed E-state index contributed by atoms with van der Waals surface area (Å²) in [6, 6.07) is 11.9. The number of anilines is 1. The van der Waals surface area contributed by atoms with E-state index in [0.717, 1.165) is 22.6 Å². The summed E-state index contributed by atoms with van der Waals surface area (Å²) < 4.78 is 29.5. The number of pyridine rings is 1. The molecule has 24 heavy (non-hydrogen) atoms. The van der Waals surface area contributed by atoms with Gasteiger partial charge in [0, 0.05) is 35.9 Å². The number of benzene rings is 2. The zero-order valence-corrected chi connectivity index (χ0v) is 12.8. The molecule has 0 saturated carbocycles. The van der Waals surface area contributed by atoms with E-state index in [-0.39, 0.29) is 12.6 Å². The molecule has 0 bridgehead atoms. The van der Waals surface area contributed by atoms with Gasteiger partial charge in [0.15, 0.2) is 11.5 Å². The first-order valence-electron chi connectivity index (χ1n) is 7.60. The van der Waals surface area contributed by atoms with Gasteiger partial charge in [-0.1, -0.05) is 0 Å². The second-order valence-corrected chi connectivity index (χ2v) is 5.31. The molecule has 1 aromatic heterocycles. The van der Waals surface area contributed by atoms with E-state index >= 15 is 0 Å². The van der Waals surface area contributed by atoms with Crippen molar-refractivity contribution in [1.29, 1.82) is 0 Å². The van der Waals surface area contributed by atoms with Gasteiger partial charge in [-0.05, 0) is 30.3 Å². The molecule has 4 rings (SSSR count). The molecule has 0 spiro atoms. The second-order valence-electron chi connectivity index (χ2n) is 5.31. The molecule has 0 unspecified atom stereocenters. The SMILES string of the molecule is Fc1ccc2c(NCCOc3ccc4c(c3)OCO4)ccnc2c1. The van der Waals surface area contributed by atoms with Gasteiger partial charge in [0.25, 0.3) is 0 Å². The lowest BCUT2D eigenvalue weighted by Crippen LogP contribution is -2.11. The second kappa shape index (κ2) is 6.23. The molecule has 2 aromatic carbocycles. The van der Waals surface area contributed by atoms with Crippen LogP contribution in [0.15, 0.2) is 48.7 Å². The van der Waals surface area contributed by atoms with E-state index in [2.05, 4.69) is 10.3 Å². The van der Waals surface area contributed by atoms with Gasteiger partial charge in [0.1, 0.15) is 18.2 Å². The molecule has 1 aliphatic rings. The number of halogens is 1. The third-order valence-corrected chi connectivity index (χ3v) is 3.74. The summed E-state index contributed by atoms with van der Waals surface area (Å²) in [4.78, 5) is 4.17. The molecule has 0 radical (unpaired) electrons. The van der Waals surface area contributed by atoms with Gasteiger partial charge < -0.3 is 19.5 Å². The standard InChI is InChI=1S/C18H15FN2O3/c19-12-1-3-14-15(5-6-20-16(14)9-12)21-7-8-22-13-2-4-17-18(10-13)24-11-23-17/h1-6,9-10H,7-8,11H2,(H,20,21). The molecule has 0 fully saturated rings. The lowest BCUT2D eigenvalue weighted by atomic mass is 10.2. The molecular formula is C18H15FN2O3. The number of aromatic nitrogens is 1. The van der Waals surface area contributed by atoms with Crippen molar-refractivity contribution >= 4 is 16.6 Å². The number of rotatable bonds is 5. The summed E-state index contributed by atoms with van der Waals surface area (Å²) in [6.07, 6.45) is 1.66. The third kappa shape index (κ3) is 2.90. The van der Waals surface area contributed by atoms with Crippen LogP contribution in [0.4, 0.5) is 10.1 Å². The van der Waals surface area contributed by atoms with E-state index in [9.17, 15) is 4.39 Å². The zero-order valence-electron chi connectivity index (χ0n) is 12.8. The van der Waals surface area contributed by atoms with Crippen LogP contribution in [0.25, 0.3) is 10.9 Å². The Hall–Kier alpha value is -3.02. The van der Waals surface area contributed by atoms with Crippen LogP contribution in [0, 0.1) is 5.82 Å². The Morgan fingerprint density at radius 3 is 2.96 bits per heavy atom. The van der Waals surface area contributed by atoms with Gasteiger partial charge >= 0.3 is 0 Å². The smallest absolute Gasteiger partial charge is 0.231 e. The average molecular weight is 326 g/mol. The fourth-order valence-corrected chi connectivity index (χ4v) is 2.60. The highest BCUT2D eigenvalue weighted by atomic mass is 19.1. The molecule has 0 atom stereocenters. The van der Waals surface area contributed by atoms with Crippen LogP contribution in [0.1, 0.15) is 0 Å². The molecule has 1 aliphatic heterocycles. The van der Waals surface area contributed by atoms with Gasteiger partial charge in [-0.15, -0.1) is 0 Å². The average Bonchev–Trinajstić information content (AvgIpc) is 3.06. The molecule has 1 N–H and O–H groups in total. The quantitative estimate of drug-likeness (QED) is 0.726. The van der Waals surface area contributed by atoms with Crippen molar-refractivity contribution in [3.05, 3.63) is 54.5 Å². The highest BCUT2D eigenvalue weighted by Crippen LogP contribution is 2.35. The van der Waals surface area contributed by atoms with Crippen LogP contribution in [-0.4, -0.2) is 24.9 Å². The summed E-state index contributed by atoms with van der Waals surface area (Å²) in [7, 11) is 0. The monoisotopic (exact) mass is 326 g/mol. The van der Waals surface area contributed by atoms with Crippen molar-refractivity contribution in [3.63, 3.8) is 0 Å². The van der Waals surface area contributed by atoms with E-state index in [0.29, 0.717) is 24.4 Å². The number of hydrogen-bond acceptors (Lipinski definition) is 5. The minimum atomic E-state index is -0.293. The Labute approximate surface area is 138 Å². The Morgan fingerprint density at radius 1 is 1.08 bits per heavy atom. The van der Waals surface area contributed by atoms with E-state index < -0.39 is 0 Å². The number of ether oxygens (including phenoxy) is 3. The fraction of sp³-hybridized carbons (Fsp3) is 0.167. The van der Waals surface area contributed by atoms with Crippen molar-refractivity contribution in [2.45, 2.75) is 0 Å². The highest BCUT2D eigenvalue weighted by Gasteiger charge is 2.13. The maximum atomic E-state index is 13.3. The number of nitrogens with one attached hydrogen (secondary N) is 1. The Morgan fingerprint density at radius 2 is 2.00 bits per heavy atom. The first kappa shape index (κ1) is 14.6. The van der Waals surface area contributed by atoms with Crippen LogP contribution in [0.3, 0.4) is 0 Å². The van der Waals surface area contributed by atoms with Crippen molar-refractivity contribution in [3.8, 4) is 17.2 Å². The molecule has 6 heteroatoms. The predicted octanol–water partition coefficient (Wildman–Crippen LogP) is 3.59. The normalized spacial score (nSPS) is 12.4. The van der Waals surface area contributed by atoms with Crippen LogP contribution in [0.2, 0.25) is 0 Å². The van der Waals surface area contributed by atoms with Crippen molar-refractivity contribution < 1.29 is 18.6 Å². The largest absolute Gasteiger partial charge is 0.492 e. The molecule has 0 aliphatic carbocycles. The van der Waals surface area contributed by atoms with Crippen LogP contribution < -0.4 is 19.5 Å². The van der Waals surface area contributed by atoms with Crippen LogP contribution >= 0.6 is 0 Å². The summed E-state index contributed by atoms with van der Waals surface area (Å²) in [5, 5.41) is 4.16. The molecule has 3 aromatic rings. The van der Waals surface area contributed by atoms with E-state index in [1.165, 1.54) is 12.1 Å². The highest BCUT2D eigenvalue weighted by molar-refractivity contribution is 5.90. The van der Waals surface area contributed by atoms with Crippen molar-refractivity contribution in [2.24, 2.45) is 0 Å². The van der Waals surface area contributed by atoms with Gasteiger partial charge in [0.05, 0.1) is 5.52 Å². The lowest BCUT2D eigenvalue weighted by Gasteiger charge is -2.11. The summed E-state index contributed by atoms with van der Waals surface area (Å²) >= 11 is 0. The molecule has 122 valence electrons. The maximum Gasteiger partial charge on any atom is 0.231 e. The fourth-order valence-electron chi connectivity index (χ4n) is 2.60. The van der Waals surface area contributed by atoms with Crippen molar-refractivity contribution in [2.75, 3.05) is 25.3 Å². The first-order chi connectivity index (χ1) is 11.8. The molecular weight excluding hydrogens is 311 g/mol. The summed E-state index contributed by atoms with van der Waals surface area (Å²) in [6.45, 7) is 1.33. The van der Waals surface area contributed by atoms with Crippen LogP contribution in [0.5, 0.6) is 17.2 Å². The Kier molecular flexibility index (Phi) is 3.78. The minimum absolute atomic E-state index is 0.246. The minimum Gasteiger partial charge on any atom is -0.492 e. The van der Waals surface area contributed by atoms with Gasteiger partial charge in [-0.2, -0.15) is 0 Å². The topological polar surface area (TPSA) is 52.6 Å². The summed E-state index contributed by atoms with van der Waals surface area (Å²) in [5.41, 5.74) is 1.52. The molecule has 2 heterocycles. The number of hydrogen-bond donors (Lipinski definition) is 1. The predicted molar refractivity (Wildman–Crippen MR) is 88.3 cm³/mol. The van der Waals surface area contributed by atoms with Crippen molar-refractivity contribution in [1.82, 2.24) is 4.98 Å². The summed E-state index contributed by atoms with van der Waals surface area (Å²) in [5.74, 6) is 1.86. The van der Waals surface area contributed by atoms with Gasteiger partial charge in [-0.25, -0.2) is 4.39 Å². The van der Waals surface area contributed by atoms with Gasteiger partial charge in [-0.3, -0.25) is 4.98 Å². The Bertz CT molecular complexity index is 885.